The lowest BCUT2D eigenvalue weighted by Crippen LogP contribution is -2.32. The SMILES string of the molecule is N[C@@H](Cc1ccccc1)C(=O)O.O=C(O)c1nccs1. The summed E-state index contributed by atoms with van der Waals surface area (Å²) >= 11 is 1.12. The number of carbonyl (C=O) groups is 2. The van der Waals surface area contributed by atoms with Crippen LogP contribution < -0.4 is 5.73 Å². The van der Waals surface area contributed by atoms with Crippen molar-refractivity contribution in [3.05, 3.63) is 52.5 Å². The fourth-order valence-corrected chi connectivity index (χ4v) is 1.76. The van der Waals surface area contributed by atoms with Gasteiger partial charge in [-0.2, -0.15) is 0 Å². The Balaban J connectivity index is 0.000000217. The number of aromatic carboxylic acids is 1. The van der Waals surface area contributed by atoms with Crippen LogP contribution in [0.1, 0.15) is 15.4 Å². The summed E-state index contributed by atoms with van der Waals surface area (Å²) in [5.41, 5.74) is 6.30. The van der Waals surface area contributed by atoms with Gasteiger partial charge in [-0.25, -0.2) is 9.78 Å². The zero-order valence-corrected chi connectivity index (χ0v) is 11.3. The molecule has 0 amide bonds. The molecular formula is C13H14N2O4S. The molecule has 1 atom stereocenters. The molecule has 0 unspecified atom stereocenters. The summed E-state index contributed by atoms with van der Waals surface area (Å²) in [7, 11) is 0. The molecule has 6 nitrogen and oxygen atoms in total. The molecule has 0 fully saturated rings. The van der Waals surface area contributed by atoms with Gasteiger partial charge < -0.3 is 15.9 Å². The molecule has 0 spiro atoms. The summed E-state index contributed by atoms with van der Waals surface area (Å²) in [6, 6.07) is 8.54. The smallest absolute Gasteiger partial charge is 0.364 e. The third-order valence-electron chi connectivity index (χ3n) is 2.23. The van der Waals surface area contributed by atoms with Gasteiger partial charge in [-0.1, -0.05) is 30.3 Å². The number of carboxylic acids is 2. The van der Waals surface area contributed by atoms with Crippen molar-refractivity contribution >= 4 is 23.3 Å². The number of carboxylic acid groups (broad SMARTS) is 2. The fraction of sp³-hybridized carbons (Fsp3) is 0.154. The maximum atomic E-state index is 10.4. The van der Waals surface area contributed by atoms with Crippen molar-refractivity contribution < 1.29 is 19.8 Å². The van der Waals surface area contributed by atoms with Gasteiger partial charge in [0.2, 0.25) is 5.01 Å². The minimum atomic E-state index is -0.959. The van der Waals surface area contributed by atoms with Crippen LogP contribution in [0.5, 0.6) is 0 Å². The first kappa shape index (κ1) is 15.8. The highest BCUT2D eigenvalue weighted by molar-refractivity contribution is 7.11. The van der Waals surface area contributed by atoms with Crippen LogP contribution in [0.4, 0.5) is 0 Å². The molecule has 2 aromatic rings. The van der Waals surface area contributed by atoms with E-state index in [0.29, 0.717) is 6.42 Å². The minimum absolute atomic E-state index is 0.144. The zero-order valence-electron chi connectivity index (χ0n) is 10.5. The second-order valence-corrected chi connectivity index (χ2v) is 4.67. The standard InChI is InChI=1S/C9H11NO2.C4H3NO2S/c10-8(9(11)12)6-7-4-2-1-3-5-7;6-4(7)3-5-1-2-8-3/h1-5,8H,6,10H2,(H,11,12);1-2H,(H,6,7)/t8-;/m0./s1. The first-order chi connectivity index (χ1) is 9.50. The lowest BCUT2D eigenvalue weighted by molar-refractivity contribution is -0.138. The summed E-state index contributed by atoms with van der Waals surface area (Å²) in [5.74, 6) is -1.92. The average Bonchev–Trinajstić information content (AvgIpc) is 2.94. The summed E-state index contributed by atoms with van der Waals surface area (Å²) < 4.78 is 0. The Bertz CT molecular complexity index is 543. The number of hydrogen-bond acceptors (Lipinski definition) is 5. The first-order valence-electron chi connectivity index (χ1n) is 5.65. The van der Waals surface area contributed by atoms with Gasteiger partial charge in [0.15, 0.2) is 0 Å². The third-order valence-corrected chi connectivity index (χ3v) is 2.99. The molecule has 0 aliphatic rings. The monoisotopic (exact) mass is 294 g/mol. The van der Waals surface area contributed by atoms with Crippen LogP contribution in [0.25, 0.3) is 0 Å². The number of hydrogen-bond donors (Lipinski definition) is 3. The van der Waals surface area contributed by atoms with Gasteiger partial charge in [0.1, 0.15) is 6.04 Å². The van der Waals surface area contributed by atoms with Crippen LogP contribution in [0, 0.1) is 0 Å². The van der Waals surface area contributed by atoms with Crippen molar-refractivity contribution in [2.75, 3.05) is 0 Å². The van der Waals surface area contributed by atoms with Crippen LogP contribution >= 0.6 is 11.3 Å². The average molecular weight is 294 g/mol. The number of nitrogens with zero attached hydrogens (tertiary/aromatic N) is 1. The van der Waals surface area contributed by atoms with E-state index in [2.05, 4.69) is 4.98 Å². The Morgan fingerprint density at radius 3 is 2.30 bits per heavy atom. The fourth-order valence-electron chi connectivity index (χ4n) is 1.28. The van der Waals surface area contributed by atoms with Gasteiger partial charge in [0.05, 0.1) is 0 Å². The molecule has 1 heterocycles. The topological polar surface area (TPSA) is 114 Å². The number of thiazole rings is 1. The molecule has 4 N–H and O–H groups in total. The van der Waals surface area contributed by atoms with Gasteiger partial charge in [-0.15, -0.1) is 11.3 Å². The molecule has 0 aliphatic heterocycles. The molecule has 0 aliphatic carbocycles. The Hall–Kier alpha value is -2.25. The Kier molecular flexibility index (Phi) is 6.34. The van der Waals surface area contributed by atoms with Crippen molar-refractivity contribution in [1.29, 1.82) is 0 Å². The van der Waals surface area contributed by atoms with E-state index in [1.165, 1.54) is 6.20 Å². The molecule has 0 radical (unpaired) electrons. The summed E-state index contributed by atoms with van der Waals surface area (Å²) in [6.45, 7) is 0. The number of aliphatic carboxylic acids is 1. The molecule has 0 bridgehead atoms. The predicted molar refractivity (Wildman–Crippen MR) is 74.8 cm³/mol. The van der Waals surface area contributed by atoms with Crippen molar-refractivity contribution in [2.45, 2.75) is 12.5 Å². The van der Waals surface area contributed by atoms with E-state index in [9.17, 15) is 9.59 Å². The molecule has 2 rings (SSSR count). The first-order valence-corrected chi connectivity index (χ1v) is 6.53. The predicted octanol–water partition coefficient (Wildman–Crippen LogP) is 1.48. The molecule has 7 heteroatoms. The summed E-state index contributed by atoms with van der Waals surface area (Å²) in [5, 5.41) is 18.5. The van der Waals surface area contributed by atoms with Crippen molar-refractivity contribution in [1.82, 2.24) is 4.98 Å². The molecule has 1 aromatic heterocycles. The highest BCUT2D eigenvalue weighted by Crippen LogP contribution is 2.02. The Morgan fingerprint density at radius 1 is 1.25 bits per heavy atom. The van der Waals surface area contributed by atoms with Crippen molar-refractivity contribution in [3.8, 4) is 0 Å². The van der Waals surface area contributed by atoms with Crippen LogP contribution in [0.15, 0.2) is 41.9 Å². The summed E-state index contributed by atoms with van der Waals surface area (Å²) in [6.07, 6.45) is 1.85. The highest BCUT2D eigenvalue weighted by Gasteiger charge is 2.10. The molecule has 106 valence electrons. The van der Waals surface area contributed by atoms with Crippen molar-refractivity contribution in [2.24, 2.45) is 5.73 Å². The van der Waals surface area contributed by atoms with E-state index in [4.69, 9.17) is 15.9 Å². The minimum Gasteiger partial charge on any atom is -0.480 e. The second kappa shape index (κ2) is 8.03. The Labute approximate surface area is 119 Å². The Morgan fingerprint density at radius 2 is 1.90 bits per heavy atom. The lowest BCUT2D eigenvalue weighted by atomic mass is 10.1. The summed E-state index contributed by atoms with van der Waals surface area (Å²) in [4.78, 5) is 23.9. The molecule has 0 saturated heterocycles. The number of nitrogens with two attached hydrogens (primary N) is 1. The van der Waals surface area contributed by atoms with E-state index in [1.807, 2.05) is 30.3 Å². The number of benzene rings is 1. The van der Waals surface area contributed by atoms with Gasteiger partial charge in [-0.3, -0.25) is 4.79 Å². The van der Waals surface area contributed by atoms with Crippen LogP contribution in [0.2, 0.25) is 0 Å². The largest absolute Gasteiger partial charge is 0.480 e. The number of rotatable bonds is 4. The van der Waals surface area contributed by atoms with Crippen LogP contribution in [-0.4, -0.2) is 33.2 Å². The quantitative estimate of drug-likeness (QED) is 0.787. The molecule has 0 saturated carbocycles. The van der Waals surface area contributed by atoms with Gasteiger partial charge in [0.25, 0.3) is 0 Å². The molecule has 20 heavy (non-hydrogen) atoms. The number of aromatic nitrogens is 1. The van der Waals surface area contributed by atoms with Gasteiger partial charge in [0, 0.05) is 11.6 Å². The van der Waals surface area contributed by atoms with Gasteiger partial charge >= 0.3 is 11.9 Å². The third kappa shape index (κ3) is 5.59. The van der Waals surface area contributed by atoms with Crippen molar-refractivity contribution in [3.63, 3.8) is 0 Å². The van der Waals surface area contributed by atoms with E-state index >= 15 is 0 Å². The molecular weight excluding hydrogens is 280 g/mol. The van der Waals surface area contributed by atoms with Crippen LogP contribution in [0.3, 0.4) is 0 Å². The van der Waals surface area contributed by atoms with E-state index < -0.39 is 18.0 Å². The van der Waals surface area contributed by atoms with E-state index in [1.54, 1.807) is 5.38 Å². The zero-order chi connectivity index (χ0) is 15.0. The lowest BCUT2D eigenvalue weighted by Gasteiger charge is -2.04. The molecule has 1 aromatic carbocycles. The second-order valence-electron chi connectivity index (χ2n) is 3.78. The maximum absolute atomic E-state index is 10.4. The van der Waals surface area contributed by atoms with E-state index in [-0.39, 0.29) is 5.01 Å². The highest BCUT2D eigenvalue weighted by atomic mass is 32.1. The van der Waals surface area contributed by atoms with Crippen LogP contribution in [-0.2, 0) is 11.2 Å². The maximum Gasteiger partial charge on any atom is 0.364 e. The van der Waals surface area contributed by atoms with E-state index in [0.717, 1.165) is 16.9 Å². The van der Waals surface area contributed by atoms with Gasteiger partial charge in [-0.05, 0) is 12.0 Å². The normalized spacial score (nSPS) is 11.1.